The first kappa shape index (κ1) is 47.4. The highest BCUT2D eigenvalue weighted by Crippen LogP contribution is 2.33. The van der Waals surface area contributed by atoms with Crippen molar-refractivity contribution in [2.75, 3.05) is 0 Å². The van der Waals surface area contributed by atoms with Gasteiger partial charge < -0.3 is 0 Å². The topological polar surface area (TPSA) is 83.1 Å². The summed E-state index contributed by atoms with van der Waals surface area (Å²) in [5, 5.41) is 10.3. The average molecular weight is 1080 g/mol. The summed E-state index contributed by atoms with van der Waals surface area (Å²) >= 11 is 0. The number of nitrogens with zero attached hydrogens (tertiary/aromatic N) is 9. The number of hydrogen-bond donors (Lipinski definition) is 0. The maximum atomic E-state index is 5.55. The third-order valence-electron chi connectivity index (χ3n) is 16.6. The molecule has 0 N–H and O–H groups in total. The molecule has 0 amide bonds. The van der Waals surface area contributed by atoms with E-state index in [1.807, 2.05) is 18.2 Å². The quantitative estimate of drug-likeness (QED) is 0.0953. The molecule has 0 saturated heterocycles. The monoisotopic (exact) mass is 1080 g/mol. The Balaban J connectivity index is 0.940. The highest BCUT2D eigenvalue weighted by Gasteiger charge is 2.43. The zero-order valence-corrected chi connectivity index (χ0v) is 46.3. The van der Waals surface area contributed by atoms with Gasteiger partial charge in [0.2, 0.25) is 23.5 Å². The molecule has 11 aromatic carbocycles. The van der Waals surface area contributed by atoms with E-state index in [1.165, 1.54) is 41.5 Å². The lowest BCUT2D eigenvalue weighted by Gasteiger charge is -2.34. The first-order valence-electron chi connectivity index (χ1n) is 27.7. The molecule has 0 fully saturated rings. The van der Waals surface area contributed by atoms with Gasteiger partial charge in [0.15, 0.2) is 22.0 Å². The van der Waals surface area contributed by atoms with Crippen molar-refractivity contribution in [1.29, 1.82) is 0 Å². The van der Waals surface area contributed by atoms with Crippen LogP contribution in [0.25, 0.3) is 79.0 Å². The van der Waals surface area contributed by atoms with Crippen LogP contribution in [0, 0.1) is 0 Å². The molecular formula is C71H49N9Si2. The summed E-state index contributed by atoms with van der Waals surface area (Å²) in [5.74, 6) is 2.79. The van der Waals surface area contributed by atoms with Crippen molar-refractivity contribution in [3.63, 3.8) is 0 Å². The summed E-state index contributed by atoms with van der Waals surface area (Å²) in [6.45, 7) is 0. The van der Waals surface area contributed by atoms with Gasteiger partial charge >= 0.3 is 0 Å². The molecule has 16 rings (SSSR count). The lowest BCUT2D eigenvalue weighted by Crippen LogP contribution is -2.74. The highest BCUT2D eigenvalue weighted by atomic mass is 28.3. The predicted octanol–water partition coefficient (Wildman–Crippen LogP) is 9.78. The van der Waals surface area contributed by atoms with Crippen molar-refractivity contribution in [2.24, 2.45) is 0 Å². The Kier molecular flexibility index (Phi) is 11.0. The van der Waals surface area contributed by atoms with Crippen molar-refractivity contribution in [2.45, 2.75) is 0 Å². The van der Waals surface area contributed by atoms with Crippen LogP contribution in [0.15, 0.2) is 297 Å². The molecule has 11 heteroatoms. The van der Waals surface area contributed by atoms with Gasteiger partial charge in [-0.2, -0.15) is 15.0 Å². The second-order valence-corrected chi connectivity index (χ2v) is 28.5. The fourth-order valence-corrected chi connectivity index (χ4v) is 22.6. The molecule has 5 heterocycles. The summed E-state index contributed by atoms with van der Waals surface area (Å²) in [7, 11) is -5.79. The Bertz CT molecular complexity index is 4540. The van der Waals surface area contributed by atoms with Gasteiger partial charge in [-0.3, -0.25) is 8.80 Å². The van der Waals surface area contributed by atoms with Gasteiger partial charge in [-0.15, -0.1) is 0 Å². The lowest BCUT2D eigenvalue weighted by molar-refractivity contribution is 0.877. The van der Waals surface area contributed by atoms with Gasteiger partial charge in [0.25, 0.3) is 0 Å². The van der Waals surface area contributed by atoms with E-state index in [9.17, 15) is 0 Å². The van der Waals surface area contributed by atoms with Gasteiger partial charge in [0, 0.05) is 5.56 Å². The Morgan fingerprint density at radius 3 is 0.854 bits per heavy atom. The molecule has 0 unspecified atom stereocenters. The van der Waals surface area contributed by atoms with Crippen LogP contribution >= 0.6 is 0 Å². The van der Waals surface area contributed by atoms with Gasteiger partial charge in [0.1, 0.15) is 0 Å². The summed E-state index contributed by atoms with van der Waals surface area (Å²) in [5.41, 5.74) is 8.39. The molecule has 0 aliphatic carbocycles. The van der Waals surface area contributed by atoms with Crippen LogP contribution in [-0.4, -0.2) is 59.0 Å². The fourth-order valence-electron chi connectivity index (χ4n) is 13.1. The van der Waals surface area contributed by atoms with E-state index >= 15 is 0 Å². The van der Waals surface area contributed by atoms with E-state index in [4.69, 9.17) is 24.9 Å². The summed E-state index contributed by atoms with van der Waals surface area (Å²) in [4.78, 5) is 27.3. The standard InChI is InChI=1S/C71H49N9Si2/c1-8-26-50(27-9-1)67-74-68(79-63-42-24-22-40-61(63)77-65-48-57(44-46-59(65)72-70(77)79)81(51-28-10-2-11-29-51,52-30-12-3-13-31-52)53-32-14-4-15-33-53)76-69(75-67)80-64-43-25-23-41-62(64)78-66-49-58(45-47-60(66)73-71(78)80)82(54-34-16-5-17-35-54,55-36-18-6-19-37-55)56-38-20-7-21-39-56/h1-49H. The van der Waals surface area contributed by atoms with Crippen molar-refractivity contribution < 1.29 is 0 Å². The number of fused-ring (bicyclic) bond motifs is 10. The molecule has 0 aliphatic rings. The molecule has 0 radical (unpaired) electrons. The number of hydrogen-bond acceptors (Lipinski definition) is 5. The van der Waals surface area contributed by atoms with E-state index in [-0.39, 0.29) is 0 Å². The molecule has 0 spiro atoms. The van der Waals surface area contributed by atoms with Crippen LogP contribution in [0.2, 0.25) is 0 Å². The van der Waals surface area contributed by atoms with E-state index in [2.05, 4.69) is 297 Å². The minimum Gasteiger partial charge on any atom is -0.276 e. The van der Waals surface area contributed by atoms with Crippen LogP contribution in [0.1, 0.15) is 0 Å². The largest absolute Gasteiger partial charge is 0.276 e. The van der Waals surface area contributed by atoms with E-state index in [0.717, 1.165) is 49.7 Å². The van der Waals surface area contributed by atoms with Crippen LogP contribution < -0.4 is 41.5 Å². The third kappa shape index (κ3) is 7.13. The molecule has 0 bridgehead atoms. The van der Waals surface area contributed by atoms with E-state index < -0.39 is 16.1 Å². The van der Waals surface area contributed by atoms with Crippen LogP contribution in [0.5, 0.6) is 0 Å². The van der Waals surface area contributed by atoms with Gasteiger partial charge in [-0.1, -0.05) is 249 Å². The molecule has 0 saturated carbocycles. The lowest BCUT2D eigenvalue weighted by atomic mass is 10.2. The second kappa shape index (κ2) is 19.1. The van der Waals surface area contributed by atoms with Crippen molar-refractivity contribution >= 4 is 113 Å². The number of imidazole rings is 4. The smallest absolute Gasteiger partial charge is 0.242 e. The van der Waals surface area contributed by atoms with Crippen LogP contribution in [0.4, 0.5) is 0 Å². The summed E-state index contributed by atoms with van der Waals surface area (Å²) in [6, 6.07) is 107. The predicted molar refractivity (Wildman–Crippen MR) is 339 cm³/mol. The molecule has 0 atom stereocenters. The summed E-state index contributed by atoms with van der Waals surface area (Å²) in [6.07, 6.45) is 0. The molecule has 16 aromatic rings. The Labute approximate surface area is 474 Å². The Hall–Kier alpha value is -10.6. The number of rotatable bonds is 11. The van der Waals surface area contributed by atoms with Crippen LogP contribution in [0.3, 0.4) is 0 Å². The zero-order valence-electron chi connectivity index (χ0n) is 44.3. The zero-order chi connectivity index (χ0) is 54.2. The Morgan fingerprint density at radius 2 is 0.524 bits per heavy atom. The first-order chi connectivity index (χ1) is 40.7. The number of benzene rings is 11. The molecular weight excluding hydrogens is 1040 g/mol. The van der Waals surface area contributed by atoms with Crippen molar-refractivity contribution in [1.82, 2.24) is 42.9 Å². The van der Waals surface area contributed by atoms with Crippen LogP contribution in [-0.2, 0) is 0 Å². The average Bonchev–Trinajstić information content (AvgIpc) is 2.60. The molecule has 5 aromatic heterocycles. The SMILES string of the molecule is c1ccc(-c2nc(-n3c4ccccc4n4c5cc([Si](c6ccccc6)(c6ccccc6)c6ccccc6)ccc5nc34)nc(-n3c4ccccc4n4c5cc([Si](c6ccccc6)(c6ccccc6)c6ccccc6)ccc5nc34)n2)cc1. The normalized spacial score (nSPS) is 12.1. The van der Waals surface area contributed by atoms with Gasteiger partial charge in [-0.25, -0.2) is 19.1 Å². The number of aromatic nitrogens is 9. The van der Waals surface area contributed by atoms with Crippen molar-refractivity contribution in [3.8, 4) is 23.3 Å². The number of para-hydroxylation sites is 4. The fraction of sp³-hybridized carbons (Fsp3) is 0. The Morgan fingerprint density at radius 1 is 0.232 bits per heavy atom. The minimum absolute atomic E-state index is 0.436. The second-order valence-electron chi connectivity index (χ2n) is 20.9. The van der Waals surface area contributed by atoms with E-state index in [0.29, 0.717) is 29.3 Å². The third-order valence-corrected chi connectivity index (χ3v) is 26.1. The maximum Gasteiger partial charge on any atom is 0.242 e. The highest BCUT2D eigenvalue weighted by molar-refractivity contribution is 7.20. The molecule has 9 nitrogen and oxygen atoms in total. The molecule has 82 heavy (non-hydrogen) atoms. The molecule has 0 aliphatic heterocycles. The van der Waals surface area contributed by atoms with E-state index in [1.54, 1.807) is 0 Å². The minimum atomic E-state index is -2.89. The van der Waals surface area contributed by atoms with Gasteiger partial charge in [0.05, 0.1) is 44.1 Å². The maximum absolute atomic E-state index is 5.55. The first-order valence-corrected chi connectivity index (χ1v) is 31.7. The van der Waals surface area contributed by atoms with Crippen molar-refractivity contribution in [3.05, 3.63) is 297 Å². The molecule has 386 valence electrons. The summed E-state index contributed by atoms with van der Waals surface area (Å²) < 4.78 is 8.76. The van der Waals surface area contributed by atoms with Gasteiger partial charge in [-0.05, 0) is 90.0 Å².